The van der Waals surface area contributed by atoms with Crippen molar-refractivity contribution in [3.8, 4) is 0 Å². The van der Waals surface area contributed by atoms with Gasteiger partial charge < -0.3 is 10.2 Å². The highest BCUT2D eigenvalue weighted by Gasteiger charge is 2.23. The van der Waals surface area contributed by atoms with Crippen LogP contribution in [0.1, 0.15) is 20.8 Å². The predicted molar refractivity (Wildman–Crippen MR) is 67.7 cm³/mol. The molecule has 0 aliphatic heterocycles. The Morgan fingerprint density at radius 1 is 1.24 bits per heavy atom. The number of hydrogen-bond donors (Lipinski definition) is 1. The van der Waals surface area contributed by atoms with Crippen LogP contribution in [0.5, 0.6) is 0 Å². The average Bonchev–Trinajstić information content (AvgIpc) is 2.30. The first-order chi connectivity index (χ1) is 8.07. The molecule has 0 aliphatic rings. The Balaban J connectivity index is 2.94. The van der Waals surface area contributed by atoms with Gasteiger partial charge in [0.1, 0.15) is 6.04 Å². The first-order valence-electron chi connectivity index (χ1n) is 5.65. The predicted octanol–water partition coefficient (Wildman–Crippen LogP) is 1.56. The second-order valence-electron chi connectivity index (χ2n) is 4.14. The van der Waals surface area contributed by atoms with Gasteiger partial charge in [0.25, 0.3) is 0 Å². The molecule has 1 N–H and O–H groups in total. The molecule has 0 saturated carbocycles. The van der Waals surface area contributed by atoms with E-state index in [1.54, 1.807) is 11.8 Å². The van der Waals surface area contributed by atoms with Crippen molar-refractivity contribution in [3.05, 3.63) is 30.3 Å². The maximum absolute atomic E-state index is 12.2. The number of amides is 2. The molecular formula is C13H18N2O2. The molecule has 0 heterocycles. The van der Waals surface area contributed by atoms with Gasteiger partial charge in [0, 0.05) is 11.7 Å². The van der Waals surface area contributed by atoms with E-state index in [1.807, 2.05) is 44.2 Å². The fraction of sp³-hybridized carbons (Fsp3) is 0.385. The number of benzene rings is 1. The van der Waals surface area contributed by atoms with E-state index in [2.05, 4.69) is 5.32 Å². The summed E-state index contributed by atoms with van der Waals surface area (Å²) in [7, 11) is 0. The number of nitrogens with zero attached hydrogens (tertiary/aromatic N) is 1. The molecule has 0 spiro atoms. The third-order valence-electron chi connectivity index (χ3n) is 2.48. The summed E-state index contributed by atoms with van der Waals surface area (Å²) < 4.78 is 0. The monoisotopic (exact) mass is 234 g/mol. The van der Waals surface area contributed by atoms with Crippen LogP contribution in [0, 0.1) is 0 Å². The Morgan fingerprint density at radius 3 is 2.29 bits per heavy atom. The molecule has 1 rings (SSSR count). The molecule has 1 aromatic carbocycles. The van der Waals surface area contributed by atoms with Crippen molar-refractivity contribution in [2.75, 3.05) is 4.90 Å². The Hall–Kier alpha value is -1.84. The van der Waals surface area contributed by atoms with Crippen LogP contribution in [0.2, 0.25) is 0 Å². The fourth-order valence-electron chi connectivity index (χ4n) is 1.65. The Kier molecular flexibility index (Phi) is 4.69. The molecule has 0 radical (unpaired) electrons. The van der Waals surface area contributed by atoms with Gasteiger partial charge in [-0.1, -0.05) is 18.2 Å². The van der Waals surface area contributed by atoms with Crippen molar-refractivity contribution < 1.29 is 9.59 Å². The van der Waals surface area contributed by atoms with E-state index in [1.165, 1.54) is 0 Å². The first kappa shape index (κ1) is 13.2. The lowest BCUT2D eigenvalue weighted by Crippen LogP contribution is -2.47. The van der Waals surface area contributed by atoms with Crippen LogP contribution in [0.3, 0.4) is 0 Å². The van der Waals surface area contributed by atoms with Crippen LogP contribution in [-0.4, -0.2) is 24.4 Å². The lowest BCUT2D eigenvalue weighted by molar-refractivity contribution is -0.123. The molecule has 1 aromatic rings. The molecule has 1 unspecified atom stereocenters. The Morgan fingerprint density at radius 2 is 1.82 bits per heavy atom. The van der Waals surface area contributed by atoms with Crippen molar-refractivity contribution >= 4 is 18.0 Å². The first-order valence-corrected chi connectivity index (χ1v) is 5.65. The highest BCUT2D eigenvalue weighted by atomic mass is 16.2. The lowest BCUT2D eigenvalue weighted by atomic mass is 10.2. The van der Waals surface area contributed by atoms with Crippen LogP contribution in [0.4, 0.5) is 5.69 Å². The Bertz CT molecular complexity index is 376. The topological polar surface area (TPSA) is 49.4 Å². The SMILES string of the molecule is CC(NC=O)C(=O)N(c1ccccc1)C(C)C. The van der Waals surface area contributed by atoms with Crippen molar-refractivity contribution in [2.24, 2.45) is 0 Å². The second kappa shape index (κ2) is 6.03. The minimum Gasteiger partial charge on any atom is -0.347 e. The maximum atomic E-state index is 12.2. The molecular weight excluding hydrogens is 216 g/mol. The summed E-state index contributed by atoms with van der Waals surface area (Å²) in [6.45, 7) is 5.56. The maximum Gasteiger partial charge on any atom is 0.249 e. The van der Waals surface area contributed by atoms with Gasteiger partial charge in [-0.3, -0.25) is 9.59 Å². The molecule has 0 fully saturated rings. The van der Waals surface area contributed by atoms with E-state index in [-0.39, 0.29) is 11.9 Å². The van der Waals surface area contributed by atoms with E-state index >= 15 is 0 Å². The number of rotatable bonds is 5. The second-order valence-corrected chi connectivity index (χ2v) is 4.14. The van der Waals surface area contributed by atoms with Crippen LogP contribution in [0.15, 0.2) is 30.3 Å². The molecule has 0 aromatic heterocycles. The lowest BCUT2D eigenvalue weighted by Gasteiger charge is -2.29. The van der Waals surface area contributed by atoms with Crippen LogP contribution >= 0.6 is 0 Å². The van der Waals surface area contributed by atoms with Gasteiger partial charge >= 0.3 is 0 Å². The molecule has 4 nitrogen and oxygen atoms in total. The minimum atomic E-state index is -0.518. The van der Waals surface area contributed by atoms with Crippen molar-refractivity contribution in [3.63, 3.8) is 0 Å². The molecule has 2 amide bonds. The van der Waals surface area contributed by atoms with Gasteiger partial charge in [-0.15, -0.1) is 0 Å². The Labute approximate surface area is 102 Å². The van der Waals surface area contributed by atoms with Crippen LogP contribution < -0.4 is 10.2 Å². The molecule has 4 heteroatoms. The van der Waals surface area contributed by atoms with Gasteiger partial charge in [-0.2, -0.15) is 0 Å². The third-order valence-corrected chi connectivity index (χ3v) is 2.48. The zero-order chi connectivity index (χ0) is 12.8. The summed E-state index contributed by atoms with van der Waals surface area (Å²) in [6.07, 6.45) is 0.548. The zero-order valence-corrected chi connectivity index (χ0v) is 10.4. The summed E-state index contributed by atoms with van der Waals surface area (Å²) >= 11 is 0. The number of anilines is 1. The van der Waals surface area contributed by atoms with E-state index in [0.29, 0.717) is 6.41 Å². The molecule has 0 aliphatic carbocycles. The number of carbonyl (C=O) groups excluding carboxylic acids is 2. The number of nitrogens with one attached hydrogen (secondary N) is 1. The van der Waals surface area contributed by atoms with Gasteiger partial charge in [0.05, 0.1) is 0 Å². The minimum absolute atomic E-state index is 0.0424. The summed E-state index contributed by atoms with van der Waals surface area (Å²) in [5.41, 5.74) is 0.840. The number of para-hydroxylation sites is 1. The standard InChI is InChI=1S/C13H18N2O2/c1-10(2)15(12-7-5-4-6-8-12)13(17)11(3)14-9-16/h4-11H,1-3H3,(H,14,16). The average molecular weight is 234 g/mol. The summed E-state index contributed by atoms with van der Waals surface area (Å²) in [5, 5.41) is 2.48. The molecule has 92 valence electrons. The van der Waals surface area contributed by atoms with Crippen LogP contribution in [0.25, 0.3) is 0 Å². The van der Waals surface area contributed by atoms with E-state index in [0.717, 1.165) is 5.69 Å². The molecule has 1 atom stereocenters. The van der Waals surface area contributed by atoms with Gasteiger partial charge in [0.15, 0.2) is 0 Å². The van der Waals surface area contributed by atoms with Crippen molar-refractivity contribution in [2.45, 2.75) is 32.9 Å². The number of carbonyl (C=O) groups is 2. The van der Waals surface area contributed by atoms with Gasteiger partial charge in [0.2, 0.25) is 12.3 Å². The molecule has 17 heavy (non-hydrogen) atoms. The van der Waals surface area contributed by atoms with E-state index in [9.17, 15) is 9.59 Å². The summed E-state index contributed by atoms with van der Waals surface area (Å²) in [4.78, 5) is 24.2. The van der Waals surface area contributed by atoms with Gasteiger partial charge in [-0.25, -0.2) is 0 Å². The highest BCUT2D eigenvalue weighted by molar-refractivity contribution is 5.98. The highest BCUT2D eigenvalue weighted by Crippen LogP contribution is 2.17. The zero-order valence-electron chi connectivity index (χ0n) is 10.4. The quantitative estimate of drug-likeness (QED) is 0.786. The summed E-state index contributed by atoms with van der Waals surface area (Å²) in [5.74, 6) is -0.113. The molecule has 0 bridgehead atoms. The number of hydrogen-bond acceptors (Lipinski definition) is 2. The largest absolute Gasteiger partial charge is 0.347 e. The van der Waals surface area contributed by atoms with E-state index < -0.39 is 6.04 Å². The fourth-order valence-corrected chi connectivity index (χ4v) is 1.65. The van der Waals surface area contributed by atoms with Crippen molar-refractivity contribution in [1.29, 1.82) is 0 Å². The normalized spacial score (nSPS) is 12.0. The smallest absolute Gasteiger partial charge is 0.249 e. The van der Waals surface area contributed by atoms with Gasteiger partial charge in [-0.05, 0) is 32.9 Å². The van der Waals surface area contributed by atoms with Crippen LogP contribution in [-0.2, 0) is 9.59 Å². The molecule has 0 saturated heterocycles. The summed E-state index contributed by atoms with van der Waals surface area (Å²) in [6, 6.07) is 8.96. The van der Waals surface area contributed by atoms with E-state index in [4.69, 9.17) is 0 Å². The van der Waals surface area contributed by atoms with Crippen molar-refractivity contribution in [1.82, 2.24) is 5.32 Å². The third kappa shape index (κ3) is 3.31.